The lowest BCUT2D eigenvalue weighted by atomic mass is 10.2. The molecule has 4 rings (SSSR count). The molecule has 160 valence electrons. The van der Waals surface area contributed by atoms with Crippen LogP contribution < -0.4 is 10.6 Å². The molecule has 0 fully saturated rings. The highest BCUT2D eigenvalue weighted by atomic mass is 35.5. The number of carbonyl (C=O) groups excluding carboxylic acids is 1. The van der Waals surface area contributed by atoms with E-state index in [-0.39, 0.29) is 11.8 Å². The number of nitrogens with one attached hydrogen (secondary N) is 2. The first-order valence-corrected chi connectivity index (χ1v) is 10.2. The number of carbonyl (C=O) groups is 1. The van der Waals surface area contributed by atoms with E-state index < -0.39 is 6.03 Å². The molecule has 0 spiro atoms. The molecule has 1 heterocycles. The molecular formula is C23H16Cl2FN5O. The van der Waals surface area contributed by atoms with Gasteiger partial charge in [-0.05, 0) is 48.5 Å². The monoisotopic (exact) mass is 467 g/mol. The maximum absolute atomic E-state index is 13.3. The molecule has 0 bridgehead atoms. The number of anilines is 2. The van der Waals surface area contributed by atoms with Crippen LogP contribution in [0.15, 0.2) is 84.1 Å². The summed E-state index contributed by atoms with van der Waals surface area (Å²) in [6.45, 7) is 0. The van der Waals surface area contributed by atoms with Crippen molar-refractivity contribution >= 4 is 47.1 Å². The molecule has 6 nitrogen and oxygen atoms in total. The summed E-state index contributed by atoms with van der Waals surface area (Å²) in [5, 5.41) is 10.7. The lowest BCUT2D eigenvalue weighted by Gasteiger charge is -2.07. The van der Waals surface area contributed by atoms with Crippen molar-refractivity contribution in [2.24, 2.45) is 5.10 Å². The Morgan fingerprint density at radius 2 is 1.75 bits per heavy atom. The summed E-state index contributed by atoms with van der Waals surface area (Å²) in [7, 11) is 0. The Hall–Kier alpha value is -3.68. The molecule has 9 heteroatoms. The highest BCUT2D eigenvalue weighted by molar-refractivity contribution is 6.36. The van der Waals surface area contributed by atoms with Crippen LogP contribution in [-0.2, 0) is 0 Å². The number of hydrogen-bond donors (Lipinski definition) is 2. The van der Waals surface area contributed by atoms with Crippen molar-refractivity contribution in [3.05, 3.63) is 100 Å². The topological polar surface area (TPSA) is 71.3 Å². The molecule has 0 unspecified atom stereocenters. The molecule has 0 aliphatic carbocycles. The van der Waals surface area contributed by atoms with Gasteiger partial charge in [0.15, 0.2) is 0 Å². The van der Waals surface area contributed by atoms with Gasteiger partial charge in [-0.15, -0.1) is 0 Å². The highest BCUT2D eigenvalue weighted by Crippen LogP contribution is 2.23. The summed E-state index contributed by atoms with van der Waals surface area (Å²) >= 11 is 12.2. The van der Waals surface area contributed by atoms with E-state index in [1.54, 1.807) is 48.7 Å². The summed E-state index contributed by atoms with van der Waals surface area (Å²) in [5.41, 5.74) is 2.42. The summed E-state index contributed by atoms with van der Waals surface area (Å²) in [5.74, 6) is -0.191. The second kappa shape index (κ2) is 9.64. The fraction of sp³-hybridized carbons (Fsp3) is 0. The fourth-order valence-corrected chi connectivity index (χ4v) is 3.28. The molecule has 1 aromatic heterocycles. The third-order valence-electron chi connectivity index (χ3n) is 4.37. The maximum Gasteiger partial charge on any atom is 0.326 e. The highest BCUT2D eigenvalue weighted by Gasteiger charge is 2.13. The minimum atomic E-state index is -0.492. The first-order valence-electron chi connectivity index (χ1n) is 9.46. The average Bonchev–Trinajstić information content (AvgIpc) is 3.16. The Balaban J connectivity index is 1.64. The van der Waals surface area contributed by atoms with Gasteiger partial charge < -0.3 is 5.32 Å². The number of aromatic nitrogens is 2. The Labute approximate surface area is 193 Å². The van der Waals surface area contributed by atoms with Crippen LogP contribution in [0.2, 0.25) is 10.0 Å². The van der Waals surface area contributed by atoms with Gasteiger partial charge in [-0.1, -0.05) is 47.5 Å². The van der Waals surface area contributed by atoms with Crippen LogP contribution in [0.4, 0.5) is 20.8 Å². The van der Waals surface area contributed by atoms with E-state index in [1.807, 2.05) is 18.2 Å². The van der Waals surface area contributed by atoms with E-state index in [4.69, 9.17) is 23.2 Å². The van der Waals surface area contributed by atoms with Crippen LogP contribution in [0.1, 0.15) is 5.56 Å². The van der Waals surface area contributed by atoms with Gasteiger partial charge in [-0.3, -0.25) is 5.32 Å². The molecule has 0 atom stereocenters. The number of urea groups is 1. The molecule has 32 heavy (non-hydrogen) atoms. The van der Waals surface area contributed by atoms with Crippen molar-refractivity contribution in [3.8, 4) is 11.3 Å². The van der Waals surface area contributed by atoms with Gasteiger partial charge >= 0.3 is 6.03 Å². The lowest BCUT2D eigenvalue weighted by Crippen LogP contribution is -2.21. The third kappa shape index (κ3) is 5.32. The molecule has 2 N–H and O–H groups in total. The maximum atomic E-state index is 13.3. The van der Waals surface area contributed by atoms with Crippen molar-refractivity contribution in [1.82, 2.24) is 9.66 Å². The van der Waals surface area contributed by atoms with Gasteiger partial charge in [0, 0.05) is 21.8 Å². The Kier molecular flexibility index (Phi) is 6.49. The standard InChI is InChI=1S/C23H16Cl2FN5O/c24-17-9-6-16(20(25)12-17)13-27-31-14-21(15-7-10-18(26)11-8-15)29-22(31)30-23(32)28-19-4-2-1-3-5-19/h1-14H,(H2,28,29,30,32)/b27-13-. The second-order valence-corrected chi connectivity index (χ2v) is 7.50. The number of rotatable bonds is 5. The Morgan fingerprint density at radius 1 is 1.00 bits per heavy atom. The number of imidazole rings is 1. The molecular weight excluding hydrogens is 452 g/mol. The van der Waals surface area contributed by atoms with Crippen LogP contribution in [0.5, 0.6) is 0 Å². The number of benzene rings is 3. The molecule has 4 aromatic rings. The molecule has 0 saturated heterocycles. The number of nitrogens with zero attached hydrogens (tertiary/aromatic N) is 3. The molecule has 0 aliphatic heterocycles. The molecule has 3 aromatic carbocycles. The van der Waals surface area contributed by atoms with Gasteiger partial charge in [0.2, 0.25) is 5.95 Å². The SMILES string of the molecule is O=C(Nc1ccccc1)Nc1nc(-c2ccc(F)cc2)cn1/N=C\c1ccc(Cl)cc1Cl. The predicted octanol–water partition coefficient (Wildman–Crippen LogP) is 6.52. The van der Waals surface area contributed by atoms with Crippen molar-refractivity contribution in [3.63, 3.8) is 0 Å². The largest absolute Gasteiger partial charge is 0.326 e. The number of para-hydroxylation sites is 1. The van der Waals surface area contributed by atoms with E-state index >= 15 is 0 Å². The van der Waals surface area contributed by atoms with Gasteiger partial charge in [-0.2, -0.15) is 5.10 Å². The van der Waals surface area contributed by atoms with Crippen LogP contribution in [0.25, 0.3) is 11.3 Å². The lowest BCUT2D eigenvalue weighted by molar-refractivity contribution is 0.262. The first kappa shape index (κ1) is 21.5. The zero-order valence-corrected chi connectivity index (χ0v) is 18.0. The van der Waals surface area contributed by atoms with E-state index in [2.05, 4.69) is 20.7 Å². The second-order valence-electron chi connectivity index (χ2n) is 6.66. The number of halogens is 3. The minimum absolute atomic E-state index is 0.166. The summed E-state index contributed by atoms with van der Waals surface area (Å²) in [4.78, 5) is 16.9. The molecule has 0 aliphatic rings. The smallest absolute Gasteiger partial charge is 0.308 e. The van der Waals surface area contributed by atoms with Crippen LogP contribution in [0, 0.1) is 5.82 Å². The molecule has 0 saturated carbocycles. The third-order valence-corrected chi connectivity index (χ3v) is 4.93. The summed E-state index contributed by atoms with van der Waals surface area (Å²) in [6.07, 6.45) is 3.14. The van der Waals surface area contributed by atoms with Gasteiger partial charge in [0.05, 0.1) is 23.1 Å². The van der Waals surface area contributed by atoms with E-state index in [1.165, 1.54) is 23.0 Å². The zero-order chi connectivity index (χ0) is 22.5. The first-order chi connectivity index (χ1) is 15.5. The minimum Gasteiger partial charge on any atom is -0.308 e. The normalized spacial score (nSPS) is 11.0. The molecule has 2 amide bonds. The van der Waals surface area contributed by atoms with Gasteiger partial charge in [0.25, 0.3) is 0 Å². The zero-order valence-electron chi connectivity index (χ0n) is 16.5. The van der Waals surface area contributed by atoms with Gasteiger partial charge in [-0.25, -0.2) is 18.8 Å². The number of amides is 2. The molecule has 0 radical (unpaired) electrons. The van der Waals surface area contributed by atoms with Crippen LogP contribution >= 0.6 is 23.2 Å². The average molecular weight is 468 g/mol. The fourth-order valence-electron chi connectivity index (χ4n) is 2.82. The summed E-state index contributed by atoms with van der Waals surface area (Å²) < 4.78 is 14.7. The Bertz CT molecular complexity index is 1270. The number of hydrogen-bond acceptors (Lipinski definition) is 3. The van der Waals surface area contributed by atoms with Gasteiger partial charge in [0.1, 0.15) is 5.82 Å². The summed E-state index contributed by atoms with van der Waals surface area (Å²) in [6, 6.07) is 19.4. The van der Waals surface area contributed by atoms with Crippen molar-refractivity contribution in [2.75, 3.05) is 10.6 Å². The van der Waals surface area contributed by atoms with Crippen LogP contribution in [0.3, 0.4) is 0 Å². The van der Waals surface area contributed by atoms with E-state index in [9.17, 15) is 9.18 Å². The van der Waals surface area contributed by atoms with Crippen molar-refractivity contribution in [1.29, 1.82) is 0 Å². The van der Waals surface area contributed by atoms with Crippen molar-refractivity contribution < 1.29 is 9.18 Å². The Morgan fingerprint density at radius 3 is 2.47 bits per heavy atom. The quantitative estimate of drug-likeness (QED) is 0.327. The van der Waals surface area contributed by atoms with E-state index in [0.717, 1.165) is 0 Å². The van der Waals surface area contributed by atoms with Crippen molar-refractivity contribution in [2.45, 2.75) is 0 Å². The van der Waals surface area contributed by atoms with Crippen LogP contribution in [-0.4, -0.2) is 21.9 Å². The predicted molar refractivity (Wildman–Crippen MR) is 126 cm³/mol. The van der Waals surface area contributed by atoms with E-state index in [0.29, 0.717) is 32.6 Å².